The lowest BCUT2D eigenvalue weighted by Crippen LogP contribution is -2.54. The van der Waals surface area contributed by atoms with Crippen LogP contribution >= 0.6 is 31.0 Å². The molecule has 19 heteroatoms. The number of thioether (sulfide) groups is 1. The molecule has 316 valence electrons. The average molecular weight is 877 g/mol. The molecule has 3 aromatic carbocycles. The molecule has 4 aromatic rings. The Hall–Kier alpha value is -5.03. The highest BCUT2D eigenvalue weighted by Crippen LogP contribution is 2.47. The molecule has 4 amide bonds. The van der Waals surface area contributed by atoms with E-state index in [-0.39, 0.29) is 23.8 Å². The van der Waals surface area contributed by atoms with Crippen LogP contribution in [0.3, 0.4) is 0 Å². The molecule has 3 N–H and O–H groups in total. The minimum absolute atomic E-state index is 0.0876. The molecule has 0 saturated carbocycles. The molecule has 0 aliphatic carbocycles. The summed E-state index contributed by atoms with van der Waals surface area (Å²) >= 11 is 8.02. The summed E-state index contributed by atoms with van der Waals surface area (Å²) in [5.74, 6) is 0.00998. The van der Waals surface area contributed by atoms with Crippen molar-refractivity contribution in [1.82, 2.24) is 25.1 Å². The van der Waals surface area contributed by atoms with Gasteiger partial charge < -0.3 is 29.3 Å². The van der Waals surface area contributed by atoms with Crippen molar-refractivity contribution in [3.8, 4) is 5.75 Å². The summed E-state index contributed by atoms with van der Waals surface area (Å²) in [6.07, 6.45) is 4.71. The monoisotopic (exact) mass is 876 g/mol. The topological polar surface area (TPSA) is 185 Å². The Kier molecular flexibility index (Phi) is 13.7. The van der Waals surface area contributed by atoms with E-state index in [1.807, 2.05) is 24.3 Å². The van der Waals surface area contributed by atoms with E-state index in [9.17, 15) is 23.7 Å². The third kappa shape index (κ3) is 9.31. The molecule has 16 nitrogen and oxygen atoms in total. The number of hydrogen-bond acceptors (Lipinski definition) is 15. The van der Waals surface area contributed by atoms with Crippen LogP contribution in [0.2, 0.25) is 5.02 Å². The van der Waals surface area contributed by atoms with Gasteiger partial charge >= 0.3 is 7.60 Å². The first-order chi connectivity index (χ1) is 29.0. The molecule has 1 unspecified atom stereocenters. The molecular weight excluding hydrogens is 831 g/mol. The van der Waals surface area contributed by atoms with E-state index in [1.165, 1.54) is 20.4 Å². The largest absolute Gasteiger partial charge is 0.494 e. The van der Waals surface area contributed by atoms with Crippen LogP contribution < -0.4 is 30.9 Å². The first-order valence-electron chi connectivity index (χ1n) is 19.5. The lowest BCUT2D eigenvalue weighted by atomic mass is 10.0. The second kappa shape index (κ2) is 19.1. The number of para-hydroxylation sites is 1. The molecule has 1 atom stereocenters. The number of carbonyl (C=O) groups excluding carboxylic acids is 4. The van der Waals surface area contributed by atoms with Crippen LogP contribution in [0.4, 0.5) is 28.8 Å². The van der Waals surface area contributed by atoms with E-state index in [1.54, 1.807) is 55.3 Å². The molecule has 0 spiro atoms. The van der Waals surface area contributed by atoms with Gasteiger partial charge in [-0.3, -0.25) is 38.9 Å². The number of methoxy groups -OCH3 is 1. The fraction of sp³-hybridized carbons (Fsp3) is 0.366. The third-order valence-electron chi connectivity index (χ3n) is 10.7. The van der Waals surface area contributed by atoms with Gasteiger partial charge in [0.1, 0.15) is 16.8 Å². The standard InChI is InChI=1S/C41H46ClN8O8PS/c1-56-32-24-26(14-15-29(32)45-41-43-25-28(42)37(47-41)44-30-11-5-6-12-33(30)59(55,57-2)58-3)49-21-19-48(20-22-49)18-7-4-8-23-60-34-13-9-10-27-36(34)40(54)50(39(27)53)31-16-17-35(51)46-38(31)52/h5-6,9-15,24-25,31H,4,7-8,16-23H2,1-3H3,(H,46,51,52)(H2,43,44,45,47). The highest BCUT2D eigenvalue weighted by Gasteiger charge is 2.45. The summed E-state index contributed by atoms with van der Waals surface area (Å²) in [4.78, 5) is 66.1. The number of nitrogens with one attached hydrogen (secondary N) is 3. The van der Waals surface area contributed by atoms with Crippen LogP contribution in [0.5, 0.6) is 5.75 Å². The van der Waals surface area contributed by atoms with E-state index >= 15 is 0 Å². The number of aromatic nitrogens is 2. The van der Waals surface area contributed by atoms with E-state index in [0.29, 0.717) is 39.4 Å². The van der Waals surface area contributed by atoms with E-state index < -0.39 is 37.3 Å². The van der Waals surface area contributed by atoms with Crippen molar-refractivity contribution in [2.45, 2.75) is 43.0 Å². The maximum Gasteiger partial charge on any atom is 0.362 e. The zero-order chi connectivity index (χ0) is 42.4. The molecule has 60 heavy (non-hydrogen) atoms. The van der Waals surface area contributed by atoms with Gasteiger partial charge in [-0.25, -0.2) is 4.98 Å². The number of fused-ring (bicyclic) bond motifs is 1. The molecule has 2 saturated heterocycles. The smallest absolute Gasteiger partial charge is 0.362 e. The first-order valence-corrected chi connectivity index (χ1v) is 22.4. The summed E-state index contributed by atoms with van der Waals surface area (Å²) < 4.78 is 29.4. The van der Waals surface area contributed by atoms with Gasteiger partial charge in [0, 0.05) is 63.5 Å². The molecule has 1 aromatic heterocycles. The van der Waals surface area contributed by atoms with Crippen LogP contribution in [0.25, 0.3) is 0 Å². The van der Waals surface area contributed by atoms with Gasteiger partial charge in [-0.1, -0.05) is 36.2 Å². The number of amides is 4. The van der Waals surface area contributed by atoms with Crippen LogP contribution in [0.15, 0.2) is 71.8 Å². The van der Waals surface area contributed by atoms with Gasteiger partial charge in [0.15, 0.2) is 5.82 Å². The fourth-order valence-electron chi connectivity index (χ4n) is 7.46. The van der Waals surface area contributed by atoms with Gasteiger partial charge in [0.05, 0.1) is 41.1 Å². The van der Waals surface area contributed by atoms with Gasteiger partial charge in [0.25, 0.3) is 11.8 Å². The Labute approximate surface area is 357 Å². The van der Waals surface area contributed by atoms with Crippen molar-refractivity contribution >= 4 is 88.7 Å². The summed E-state index contributed by atoms with van der Waals surface area (Å²) in [5, 5.41) is 9.20. The predicted molar refractivity (Wildman–Crippen MR) is 231 cm³/mol. The summed E-state index contributed by atoms with van der Waals surface area (Å²) in [7, 11) is 0.694. The Morgan fingerprint density at radius 1 is 0.900 bits per heavy atom. The van der Waals surface area contributed by atoms with E-state index in [2.05, 4.69) is 35.7 Å². The Morgan fingerprint density at radius 2 is 1.68 bits per heavy atom. The zero-order valence-electron chi connectivity index (χ0n) is 33.4. The van der Waals surface area contributed by atoms with Crippen LogP contribution in [-0.2, 0) is 23.2 Å². The number of carbonyl (C=O) groups is 4. The number of unbranched alkanes of at least 4 members (excludes halogenated alkanes) is 2. The summed E-state index contributed by atoms with van der Waals surface area (Å²) in [5.41, 5.74) is 2.82. The average Bonchev–Trinajstić information content (AvgIpc) is 3.52. The lowest BCUT2D eigenvalue weighted by molar-refractivity contribution is -0.136. The van der Waals surface area contributed by atoms with Crippen molar-refractivity contribution < 1.29 is 37.5 Å². The molecular formula is C41H46ClN8O8PS. The zero-order valence-corrected chi connectivity index (χ0v) is 35.9. The first kappa shape index (κ1) is 43.1. The highest BCUT2D eigenvalue weighted by atomic mass is 35.5. The number of piperidine rings is 1. The normalized spacial score (nSPS) is 17.2. The van der Waals surface area contributed by atoms with E-state index in [0.717, 1.165) is 73.2 Å². The van der Waals surface area contributed by atoms with Crippen molar-refractivity contribution in [1.29, 1.82) is 0 Å². The van der Waals surface area contributed by atoms with Crippen LogP contribution in [-0.4, -0.2) is 109 Å². The highest BCUT2D eigenvalue weighted by molar-refractivity contribution is 7.99. The van der Waals surface area contributed by atoms with Gasteiger partial charge in [-0.05, 0) is 68.0 Å². The second-order valence-electron chi connectivity index (χ2n) is 14.3. The number of imide groups is 2. The van der Waals surface area contributed by atoms with Crippen molar-refractivity contribution in [2.24, 2.45) is 0 Å². The molecule has 4 heterocycles. The maximum absolute atomic E-state index is 13.4. The van der Waals surface area contributed by atoms with Crippen molar-refractivity contribution in [3.63, 3.8) is 0 Å². The molecule has 3 aliphatic rings. The number of benzene rings is 3. The van der Waals surface area contributed by atoms with Crippen molar-refractivity contribution in [2.75, 3.05) is 75.3 Å². The number of nitrogens with zero attached hydrogens (tertiary/aromatic N) is 5. The number of hydrogen-bond donors (Lipinski definition) is 3. The van der Waals surface area contributed by atoms with Crippen LogP contribution in [0, 0.1) is 0 Å². The quantitative estimate of drug-likeness (QED) is 0.0470. The number of rotatable bonds is 17. The van der Waals surface area contributed by atoms with E-state index in [4.69, 9.17) is 25.4 Å². The number of ether oxygens (including phenoxy) is 1. The number of piperazine rings is 1. The lowest BCUT2D eigenvalue weighted by Gasteiger charge is -2.36. The number of anilines is 5. The van der Waals surface area contributed by atoms with Crippen LogP contribution in [0.1, 0.15) is 52.8 Å². The SMILES string of the molecule is COc1cc(N2CCN(CCCCCSc3cccc4c3C(=O)N(C3CCC(=O)NC3=O)C4=O)CC2)ccc1Nc1ncc(Cl)c(Nc2ccccc2P(=O)(OC)OC)n1. The minimum Gasteiger partial charge on any atom is -0.494 e. The molecule has 0 radical (unpaired) electrons. The third-order valence-corrected chi connectivity index (χ3v) is 14.0. The molecule has 2 fully saturated rings. The second-order valence-corrected chi connectivity index (χ2v) is 18.0. The fourth-order valence-corrected chi connectivity index (χ4v) is 9.92. The predicted octanol–water partition coefficient (Wildman–Crippen LogP) is 6.22. The maximum atomic E-state index is 13.4. The Morgan fingerprint density at radius 3 is 2.43 bits per heavy atom. The Bertz CT molecular complexity index is 2320. The number of halogens is 1. The molecule has 7 rings (SSSR count). The Balaban J connectivity index is 0.871. The van der Waals surface area contributed by atoms with Gasteiger partial charge in [-0.15, -0.1) is 11.8 Å². The molecule has 3 aliphatic heterocycles. The van der Waals surface area contributed by atoms with Crippen molar-refractivity contribution in [3.05, 3.63) is 83.0 Å². The minimum atomic E-state index is -3.57. The summed E-state index contributed by atoms with van der Waals surface area (Å²) in [6, 6.07) is 17.1. The van der Waals surface area contributed by atoms with Gasteiger partial charge in [-0.2, -0.15) is 4.98 Å². The molecule has 0 bridgehead atoms. The summed E-state index contributed by atoms with van der Waals surface area (Å²) in [6.45, 7) is 4.57. The van der Waals surface area contributed by atoms with Gasteiger partial charge in [0.2, 0.25) is 17.8 Å².